The molecule has 0 saturated carbocycles. The number of methoxy groups -OCH3 is 1. The van der Waals surface area contributed by atoms with Gasteiger partial charge in [-0.25, -0.2) is 4.98 Å². The minimum Gasteiger partial charge on any atom is -0.469 e. The number of hydrogen-bond acceptors (Lipinski definition) is 6. The van der Waals surface area contributed by atoms with Crippen molar-refractivity contribution in [2.45, 2.75) is 39.2 Å². The van der Waals surface area contributed by atoms with Gasteiger partial charge in [0.2, 0.25) is 11.8 Å². The van der Waals surface area contributed by atoms with Crippen molar-refractivity contribution in [1.29, 1.82) is 0 Å². The van der Waals surface area contributed by atoms with Gasteiger partial charge in [0.15, 0.2) is 5.13 Å². The predicted octanol–water partition coefficient (Wildman–Crippen LogP) is 1.44. The maximum Gasteiger partial charge on any atom is 0.311 e. The van der Waals surface area contributed by atoms with E-state index in [1.54, 1.807) is 10.3 Å². The minimum absolute atomic E-state index is 0.00632. The monoisotopic (exact) mass is 339 g/mol. The Morgan fingerprint density at radius 1 is 1.48 bits per heavy atom. The number of esters is 1. The third-order valence-electron chi connectivity index (χ3n) is 3.67. The van der Waals surface area contributed by atoms with E-state index < -0.39 is 6.04 Å². The van der Waals surface area contributed by atoms with Gasteiger partial charge in [-0.05, 0) is 12.8 Å². The summed E-state index contributed by atoms with van der Waals surface area (Å²) in [7, 11) is 1.32. The number of aromatic nitrogens is 1. The average Bonchev–Trinajstić information content (AvgIpc) is 3.15. The second-order valence-electron chi connectivity index (χ2n) is 5.73. The second-order valence-corrected chi connectivity index (χ2v) is 6.59. The number of amides is 2. The predicted molar refractivity (Wildman–Crippen MR) is 86.0 cm³/mol. The quantitative estimate of drug-likeness (QED) is 0.820. The van der Waals surface area contributed by atoms with Crippen molar-refractivity contribution in [2.24, 2.45) is 5.92 Å². The lowest BCUT2D eigenvalue weighted by molar-refractivity contribution is -0.140. The van der Waals surface area contributed by atoms with Crippen LogP contribution in [-0.4, -0.2) is 47.4 Å². The Morgan fingerprint density at radius 2 is 2.22 bits per heavy atom. The standard InChI is InChI=1S/C15H21N3O4S/c1-9(2)14(21)18-6-4-5-11(18)13(20)17-15-16-10(8-23-15)7-12(19)22-3/h8-9,11H,4-7H2,1-3H3,(H,16,17,20)/t11-/m0/s1. The molecule has 0 bridgehead atoms. The second kappa shape index (κ2) is 7.54. The zero-order chi connectivity index (χ0) is 17.0. The molecule has 2 amide bonds. The first kappa shape index (κ1) is 17.4. The maximum absolute atomic E-state index is 12.4. The van der Waals surface area contributed by atoms with E-state index in [4.69, 9.17) is 0 Å². The smallest absolute Gasteiger partial charge is 0.311 e. The Morgan fingerprint density at radius 3 is 2.87 bits per heavy atom. The molecule has 0 unspecified atom stereocenters. The Hall–Kier alpha value is -1.96. The third kappa shape index (κ3) is 4.28. The summed E-state index contributed by atoms with van der Waals surface area (Å²) < 4.78 is 4.58. The number of anilines is 1. The molecule has 8 heteroatoms. The fourth-order valence-electron chi connectivity index (χ4n) is 2.49. The van der Waals surface area contributed by atoms with Crippen LogP contribution in [0.2, 0.25) is 0 Å². The number of ether oxygens (including phenoxy) is 1. The molecule has 126 valence electrons. The Kier molecular flexibility index (Phi) is 5.70. The maximum atomic E-state index is 12.4. The molecule has 0 aromatic carbocycles. The Bertz CT molecular complexity index is 599. The van der Waals surface area contributed by atoms with Crippen LogP contribution in [0.4, 0.5) is 5.13 Å². The normalized spacial score (nSPS) is 17.4. The molecule has 1 aliphatic heterocycles. The molecule has 7 nitrogen and oxygen atoms in total. The van der Waals surface area contributed by atoms with Crippen molar-refractivity contribution in [3.05, 3.63) is 11.1 Å². The van der Waals surface area contributed by atoms with Crippen molar-refractivity contribution in [3.63, 3.8) is 0 Å². The fraction of sp³-hybridized carbons (Fsp3) is 0.600. The van der Waals surface area contributed by atoms with E-state index in [0.717, 1.165) is 6.42 Å². The highest BCUT2D eigenvalue weighted by atomic mass is 32.1. The highest BCUT2D eigenvalue weighted by Gasteiger charge is 2.35. The van der Waals surface area contributed by atoms with Gasteiger partial charge in [-0.15, -0.1) is 11.3 Å². The van der Waals surface area contributed by atoms with Gasteiger partial charge in [0, 0.05) is 17.8 Å². The fourth-order valence-corrected chi connectivity index (χ4v) is 3.20. The number of nitrogens with zero attached hydrogens (tertiary/aromatic N) is 2. The molecule has 1 aromatic heterocycles. The number of carbonyl (C=O) groups excluding carboxylic acids is 3. The van der Waals surface area contributed by atoms with Crippen molar-refractivity contribution in [1.82, 2.24) is 9.88 Å². The van der Waals surface area contributed by atoms with Gasteiger partial charge in [-0.2, -0.15) is 0 Å². The molecule has 1 fully saturated rings. The molecule has 23 heavy (non-hydrogen) atoms. The van der Waals surface area contributed by atoms with Crippen LogP contribution in [0.15, 0.2) is 5.38 Å². The van der Waals surface area contributed by atoms with E-state index in [9.17, 15) is 14.4 Å². The van der Waals surface area contributed by atoms with Gasteiger partial charge in [0.05, 0.1) is 19.2 Å². The van der Waals surface area contributed by atoms with Crippen LogP contribution < -0.4 is 5.32 Å². The van der Waals surface area contributed by atoms with Gasteiger partial charge in [0.25, 0.3) is 0 Å². The zero-order valence-electron chi connectivity index (χ0n) is 13.5. The van der Waals surface area contributed by atoms with Crippen molar-refractivity contribution in [2.75, 3.05) is 19.0 Å². The number of rotatable bonds is 5. The number of hydrogen-bond donors (Lipinski definition) is 1. The van der Waals surface area contributed by atoms with Gasteiger partial charge >= 0.3 is 5.97 Å². The summed E-state index contributed by atoms with van der Waals surface area (Å²) >= 11 is 1.25. The lowest BCUT2D eigenvalue weighted by Crippen LogP contribution is -2.44. The zero-order valence-corrected chi connectivity index (χ0v) is 14.3. The van der Waals surface area contributed by atoms with E-state index in [2.05, 4.69) is 15.0 Å². The minimum atomic E-state index is -0.446. The Labute approximate surface area is 139 Å². The molecule has 1 saturated heterocycles. The van der Waals surface area contributed by atoms with Crippen LogP contribution in [0.1, 0.15) is 32.4 Å². The molecule has 1 atom stereocenters. The van der Waals surface area contributed by atoms with Crippen LogP contribution in [0, 0.1) is 5.92 Å². The van der Waals surface area contributed by atoms with E-state index in [-0.39, 0.29) is 30.1 Å². The first-order chi connectivity index (χ1) is 10.9. The summed E-state index contributed by atoms with van der Waals surface area (Å²) in [5.74, 6) is -0.740. The SMILES string of the molecule is COC(=O)Cc1csc(NC(=O)[C@@H]2CCCN2C(=O)C(C)C)n1. The number of carbonyl (C=O) groups is 3. The average molecular weight is 339 g/mol. The number of likely N-dealkylation sites (tertiary alicyclic amines) is 1. The summed E-state index contributed by atoms with van der Waals surface area (Å²) in [5, 5.41) is 4.88. The van der Waals surface area contributed by atoms with Gasteiger partial charge < -0.3 is 15.0 Å². The molecule has 0 spiro atoms. The van der Waals surface area contributed by atoms with Gasteiger partial charge in [0.1, 0.15) is 6.04 Å². The topological polar surface area (TPSA) is 88.6 Å². The van der Waals surface area contributed by atoms with Crippen LogP contribution in [0.3, 0.4) is 0 Å². The first-order valence-corrected chi connectivity index (χ1v) is 8.43. The van der Waals surface area contributed by atoms with E-state index in [1.807, 2.05) is 13.8 Å². The molecular formula is C15H21N3O4S. The van der Waals surface area contributed by atoms with Crippen LogP contribution in [-0.2, 0) is 25.5 Å². The molecule has 0 radical (unpaired) electrons. The summed E-state index contributed by atoms with van der Waals surface area (Å²) in [6.07, 6.45) is 1.55. The van der Waals surface area contributed by atoms with E-state index in [1.165, 1.54) is 18.4 Å². The van der Waals surface area contributed by atoms with Crippen LogP contribution >= 0.6 is 11.3 Å². The number of nitrogens with one attached hydrogen (secondary N) is 1. The lowest BCUT2D eigenvalue weighted by atomic mass is 10.1. The summed E-state index contributed by atoms with van der Waals surface area (Å²) in [4.78, 5) is 41.6. The summed E-state index contributed by atoms with van der Waals surface area (Å²) in [6.45, 7) is 4.27. The van der Waals surface area contributed by atoms with Crippen molar-refractivity contribution in [3.8, 4) is 0 Å². The molecule has 1 N–H and O–H groups in total. The first-order valence-electron chi connectivity index (χ1n) is 7.55. The summed E-state index contributed by atoms with van der Waals surface area (Å²) in [6, 6.07) is -0.446. The van der Waals surface area contributed by atoms with Crippen LogP contribution in [0.5, 0.6) is 0 Å². The van der Waals surface area contributed by atoms with Gasteiger partial charge in [-0.1, -0.05) is 13.8 Å². The van der Waals surface area contributed by atoms with Gasteiger partial charge in [-0.3, -0.25) is 14.4 Å². The third-order valence-corrected chi connectivity index (χ3v) is 4.47. The largest absolute Gasteiger partial charge is 0.469 e. The molecule has 1 aromatic rings. The van der Waals surface area contributed by atoms with Crippen molar-refractivity contribution >= 4 is 34.3 Å². The number of thiazole rings is 1. The molecule has 0 aliphatic carbocycles. The molecule has 2 heterocycles. The van der Waals surface area contributed by atoms with Crippen molar-refractivity contribution < 1.29 is 19.1 Å². The molecular weight excluding hydrogens is 318 g/mol. The molecule has 2 rings (SSSR count). The lowest BCUT2D eigenvalue weighted by Gasteiger charge is -2.25. The van der Waals surface area contributed by atoms with E-state index >= 15 is 0 Å². The van der Waals surface area contributed by atoms with E-state index in [0.29, 0.717) is 23.8 Å². The molecule has 1 aliphatic rings. The highest BCUT2D eigenvalue weighted by Crippen LogP contribution is 2.23. The van der Waals surface area contributed by atoms with Crippen LogP contribution in [0.25, 0.3) is 0 Å². The Balaban J connectivity index is 1.98. The highest BCUT2D eigenvalue weighted by molar-refractivity contribution is 7.13. The summed E-state index contributed by atoms with van der Waals surface area (Å²) in [5.41, 5.74) is 0.554.